The minimum absolute atomic E-state index is 0.187. The number of nitrogens with two attached hydrogens (primary N) is 2. The molecule has 0 unspecified atom stereocenters. The number of carbonyl (C=O) groups excluding carboxylic acids is 3. The van der Waals surface area contributed by atoms with Crippen LogP contribution in [0.3, 0.4) is 0 Å². The van der Waals surface area contributed by atoms with Crippen molar-refractivity contribution < 1.29 is 47.5 Å². The average molecular weight is 662 g/mol. The van der Waals surface area contributed by atoms with Crippen LogP contribution in [0.5, 0.6) is 5.75 Å². The monoisotopic (exact) mass is 661 g/mol. The molecule has 250 valence electrons. The van der Waals surface area contributed by atoms with Crippen molar-refractivity contribution in [2.24, 2.45) is 11.7 Å². The van der Waals surface area contributed by atoms with Crippen LogP contribution >= 0.6 is 0 Å². The second kappa shape index (κ2) is 17.1. The zero-order valence-electron chi connectivity index (χ0n) is 26.1. The number of hydrogen-bond acceptors (Lipinski definition) is 6. The molecule has 0 aliphatic rings. The Kier molecular flexibility index (Phi) is 13.0. The molecule has 9 nitrogen and oxygen atoms in total. The smallest absolute Gasteiger partial charge is 0.430 e. The van der Waals surface area contributed by atoms with Crippen molar-refractivity contribution in [3.8, 4) is 16.9 Å². The Bertz CT molecular complexity index is 1740. The number of methoxy groups -OCH3 is 2. The predicted molar refractivity (Wildman–Crippen MR) is 172 cm³/mol. The largest absolute Gasteiger partial charge is 0.542 e. The molecule has 0 spiro atoms. The third kappa shape index (κ3) is 10.6. The Morgan fingerprint density at radius 1 is 0.896 bits per heavy atom. The molecule has 0 aliphatic carbocycles. The number of hydrogen-bond donors (Lipinski definition) is 3. The summed E-state index contributed by atoms with van der Waals surface area (Å²) in [5.74, 6) is -3.56. The van der Waals surface area contributed by atoms with Gasteiger partial charge in [0.2, 0.25) is 0 Å². The number of rotatable bonds is 11. The number of esters is 1. The molecule has 4 rings (SSSR count). The standard InChI is InChI=1S/C34H33N3O4.C2HF3O2/c1-40-31-14-7-6-13-28(31)25-16-18-26(19-17-25)33(38)37-30(20-15-23-9-4-3-5-10-23)29(34(39)41-2)22-24-11-8-12-27(21-24)32(35)36;3-2(4,5)1(6)7/h3-21,29-30H,22H2,1-2H3,(H3,35,36)(H,37,38);(H,6,7)/b20-15+;/t29-,30-;/m1./s1. The number of alkyl halides is 3. The van der Waals surface area contributed by atoms with Crippen LogP contribution in [0.25, 0.3) is 17.2 Å². The van der Waals surface area contributed by atoms with Gasteiger partial charge in [0.25, 0.3) is 11.7 Å². The van der Waals surface area contributed by atoms with E-state index in [0.29, 0.717) is 17.5 Å². The molecule has 0 saturated carbocycles. The first-order valence-corrected chi connectivity index (χ1v) is 14.4. The Hall–Kier alpha value is -5.91. The van der Waals surface area contributed by atoms with E-state index in [1.54, 1.807) is 25.3 Å². The van der Waals surface area contributed by atoms with Gasteiger partial charge in [-0.3, -0.25) is 20.7 Å². The fourth-order valence-electron chi connectivity index (χ4n) is 4.62. The average Bonchev–Trinajstić information content (AvgIpc) is 3.09. The molecule has 0 aliphatic heterocycles. The lowest BCUT2D eigenvalue weighted by Gasteiger charge is -2.24. The van der Waals surface area contributed by atoms with E-state index in [2.05, 4.69) is 5.32 Å². The molecule has 5 N–H and O–H groups in total. The number of amides is 1. The highest BCUT2D eigenvalue weighted by atomic mass is 19.4. The van der Waals surface area contributed by atoms with Crippen molar-refractivity contribution in [1.82, 2.24) is 5.32 Å². The van der Waals surface area contributed by atoms with Crippen molar-refractivity contribution in [2.75, 3.05) is 14.2 Å². The van der Waals surface area contributed by atoms with E-state index >= 15 is 0 Å². The number of carboxylic acids is 1. The van der Waals surface area contributed by atoms with Crippen LogP contribution in [-0.2, 0) is 20.7 Å². The molecule has 4 aromatic rings. The van der Waals surface area contributed by atoms with Crippen molar-refractivity contribution >= 4 is 29.8 Å². The van der Waals surface area contributed by atoms with Gasteiger partial charge in [-0.2, -0.15) is 13.2 Å². The SMILES string of the molecule is COC(=O)[C@H](Cc1cccc(C(N)=[NH2+])c1)[C@@H](/C=C/c1ccccc1)NC(=O)c1ccc(-c2ccccc2OC)cc1.O=C([O-])C(F)(F)F. The highest BCUT2D eigenvalue weighted by Gasteiger charge is 2.30. The molecular formula is C36H34F3N3O6. The number of amidine groups is 1. The first-order valence-electron chi connectivity index (χ1n) is 14.4. The van der Waals surface area contributed by atoms with Crippen LogP contribution in [0, 0.1) is 5.92 Å². The molecule has 48 heavy (non-hydrogen) atoms. The maximum absolute atomic E-state index is 13.5. The summed E-state index contributed by atoms with van der Waals surface area (Å²) in [5, 5.41) is 17.6. The lowest BCUT2D eigenvalue weighted by molar-refractivity contribution is -0.344. The summed E-state index contributed by atoms with van der Waals surface area (Å²) in [6, 6.07) is 31.3. The molecule has 12 heteroatoms. The molecular weight excluding hydrogens is 627 g/mol. The Morgan fingerprint density at radius 3 is 2.10 bits per heavy atom. The maximum atomic E-state index is 13.5. The van der Waals surface area contributed by atoms with Crippen LogP contribution in [0.15, 0.2) is 109 Å². The molecule has 0 fully saturated rings. The molecule has 0 saturated heterocycles. The third-order valence-corrected chi connectivity index (χ3v) is 7.04. The second-order valence-electron chi connectivity index (χ2n) is 10.3. The number of carboxylic acid groups (broad SMARTS) is 1. The first kappa shape index (κ1) is 36.6. The van der Waals surface area contributed by atoms with Crippen LogP contribution in [0.1, 0.15) is 27.0 Å². The Balaban J connectivity index is 0.000000804. The van der Waals surface area contributed by atoms with Gasteiger partial charge in [-0.15, -0.1) is 0 Å². The number of halogens is 3. The van der Waals surface area contributed by atoms with Gasteiger partial charge in [0, 0.05) is 11.1 Å². The van der Waals surface area contributed by atoms with Crippen LogP contribution in [-0.4, -0.2) is 50.1 Å². The summed E-state index contributed by atoms with van der Waals surface area (Å²) in [4.78, 5) is 35.4. The van der Waals surface area contributed by atoms with E-state index in [1.807, 2.05) is 97.1 Å². The van der Waals surface area contributed by atoms with E-state index in [0.717, 1.165) is 28.0 Å². The van der Waals surface area contributed by atoms with Gasteiger partial charge in [-0.1, -0.05) is 84.9 Å². The number of para-hydroxylation sites is 1. The van der Waals surface area contributed by atoms with E-state index in [4.69, 9.17) is 30.5 Å². The third-order valence-electron chi connectivity index (χ3n) is 7.04. The molecule has 0 bridgehead atoms. The van der Waals surface area contributed by atoms with Gasteiger partial charge >= 0.3 is 12.1 Å². The molecule has 2 atom stereocenters. The highest BCUT2D eigenvalue weighted by molar-refractivity contribution is 5.95. The molecule has 4 aromatic carbocycles. The summed E-state index contributed by atoms with van der Waals surface area (Å²) in [5.41, 5.74) is 10.5. The highest BCUT2D eigenvalue weighted by Crippen LogP contribution is 2.29. The normalized spacial score (nSPS) is 12.2. The predicted octanol–water partition coefficient (Wildman–Crippen LogP) is 2.97. The van der Waals surface area contributed by atoms with Crippen molar-refractivity contribution in [2.45, 2.75) is 18.6 Å². The van der Waals surface area contributed by atoms with E-state index in [-0.39, 0.29) is 11.7 Å². The summed E-state index contributed by atoms with van der Waals surface area (Å²) >= 11 is 0. The number of carbonyl (C=O) groups is 3. The lowest BCUT2D eigenvalue weighted by atomic mass is 9.90. The number of benzene rings is 4. The topological polar surface area (TPSA) is 156 Å². The fraction of sp³-hybridized carbons (Fsp3) is 0.167. The van der Waals surface area contributed by atoms with Gasteiger partial charge in [0.15, 0.2) is 0 Å². The zero-order chi connectivity index (χ0) is 35.3. The van der Waals surface area contributed by atoms with Gasteiger partial charge < -0.3 is 24.7 Å². The molecule has 0 heterocycles. The quantitative estimate of drug-likeness (QED) is 0.127. The minimum Gasteiger partial charge on any atom is -0.542 e. The van der Waals surface area contributed by atoms with Gasteiger partial charge in [0.05, 0.1) is 31.7 Å². The Morgan fingerprint density at radius 2 is 1.52 bits per heavy atom. The van der Waals surface area contributed by atoms with Crippen molar-refractivity contribution in [1.29, 1.82) is 0 Å². The Labute approximate surface area is 275 Å². The molecule has 1 amide bonds. The van der Waals surface area contributed by atoms with Crippen molar-refractivity contribution in [3.05, 3.63) is 131 Å². The number of ether oxygens (including phenoxy) is 2. The lowest BCUT2D eigenvalue weighted by Crippen LogP contribution is -2.46. The first-order chi connectivity index (χ1) is 22.8. The van der Waals surface area contributed by atoms with Gasteiger partial charge in [0.1, 0.15) is 11.7 Å². The zero-order valence-corrected chi connectivity index (χ0v) is 26.1. The number of nitrogens with one attached hydrogen (secondary N) is 1. The summed E-state index contributed by atoms with van der Waals surface area (Å²) in [6.45, 7) is 0. The summed E-state index contributed by atoms with van der Waals surface area (Å²) < 4.78 is 42.2. The van der Waals surface area contributed by atoms with Crippen molar-refractivity contribution in [3.63, 3.8) is 0 Å². The van der Waals surface area contributed by atoms with Crippen LogP contribution in [0.2, 0.25) is 0 Å². The second-order valence-corrected chi connectivity index (χ2v) is 10.3. The summed E-state index contributed by atoms with van der Waals surface area (Å²) in [6.07, 6.45) is -1.19. The van der Waals surface area contributed by atoms with Crippen LogP contribution < -0.4 is 26.3 Å². The minimum atomic E-state index is -5.19. The summed E-state index contributed by atoms with van der Waals surface area (Å²) in [7, 11) is 2.97. The van der Waals surface area contributed by atoms with E-state index < -0.39 is 30.1 Å². The fourth-order valence-corrected chi connectivity index (χ4v) is 4.62. The molecule has 0 radical (unpaired) electrons. The van der Waals surface area contributed by atoms with E-state index in [1.165, 1.54) is 7.11 Å². The molecule has 0 aromatic heterocycles. The van der Waals surface area contributed by atoms with Gasteiger partial charge in [-0.25, -0.2) is 0 Å². The van der Waals surface area contributed by atoms with Gasteiger partial charge in [-0.05, 0) is 53.4 Å². The van der Waals surface area contributed by atoms with E-state index in [9.17, 15) is 22.8 Å². The number of aliphatic carboxylic acids is 1. The maximum Gasteiger partial charge on any atom is 0.430 e. The van der Waals surface area contributed by atoms with Crippen LogP contribution in [0.4, 0.5) is 13.2 Å².